The first-order chi connectivity index (χ1) is 13.8. The predicted octanol–water partition coefficient (Wildman–Crippen LogP) is 5.33. The Balaban J connectivity index is 3.20. The summed E-state index contributed by atoms with van der Waals surface area (Å²) in [5, 5.41) is 3.03. The van der Waals surface area contributed by atoms with Crippen LogP contribution in [0.3, 0.4) is 0 Å². The summed E-state index contributed by atoms with van der Waals surface area (Å²) >= 11 is 0. The fourth-order valence-corrected chi connectivity index (χ4v) is 2.95. The van der Waals surface area contributed by atoms with E-state index in [0.29, 0.717) is 39.2 Å². The molecule has 1 N–H and O–H groups in total. The van der Waals surface area contributed by atoms with E-state index in [-0.39, 0.29) is 5.97 Å². The van der Waals surface area contributed by atoms with Crippen LogP contribution in [0.1, 0.15) is 96.8 Å². The first kappa shape index (κ1) is 26.6. The van der Waals surface area contributed by atoms with Gasteiger partial charge in [0.05, 0.1) is 0 Å². The molecule has 0 rings (SSSR count). The summed E-state index contributed by atoms with van der Waals surface area (Å²) in [6.45, 7) is 4.55. The number of esters is 1. The zero-order valence-electron chi connectivity index (χ0n) is 18.1. The molecule has 164 valence electrons. The highest BCUT2D eigenvalue weighted by atomic mass is 16.5. The van der Waals surface area contributed by atoms with Crippen LogP contribution in [0, 0.1) is 0 Å². The van der Waals surface area contributed by atoms with Gasteiger partial charge in [-0.25, -0.2) is 0 Å². The number of allylic oxidation sites excluding steroid dienone is 2. The highest BCUT2D eigenvalue weighted by Crippen LogP contribution is 2.10. The number of nitrogens with one attached hydrogen (secondary N) is 1. The Morgan fingerprint density at radius 3 is 2.00 bits per heavy atom. The maximum absolute atomic E-state index is 11.6. The molecule has 28 heavy (non-hydrogen) atoms. The second kappa shape index (κ2) is 23.7. The molecule has 5 heteroatoms. The SMILES string of the molecule is CCCCCCCC/C=C\CCCCCCCC(=O)OCCNCCOC=O. The number of rotatable bonds is 22. The van der Waals surface area contributed by atoms with Crippen molar-refractivity contribution in [1.82, 2.24) is 5.32 Å². The average Bonchev–Trinajstić information content (AvgIpc) is 2.70. The molecule has 0 heterocycles. The third-order valence-electron chi connectivity index (χ3n) is 4.65. The number of carbonyl (C=O) groups excluding carboxylic acids is 2. The van der Waals surface area contributed by atoms with Crippen molar-refractivity contribution in [3.63, 3.8) is 0 Å². The molecule has 0 spiro atoms. The van der Waals surface area contributed by atoms with E-state index in [4.69, 9.17) is 4.74 Å². The van der Waals surface area contributed by atoms with Crippen LogP contribution < -0.4 is 5.32 Å². The largest absolute Gasteiger partial charge is 0.467 e. The van der Waals surface area contributed by atoms with E-state index in [0.717, 1.165) is 12.8 Å². The van der Waals surface area contributed by atoms with Gasteiger partial charge >= 0.3 is 5.97 Å². The van der Waals surface area contributed by atoms with Crippen LogP contribution in [0.2, 0.25) is 0 Å². The van der Waals surface area contributed by atoms with E-state index in [9.17, 15) is 9.59 Å². The highest BCUT2D eigenvalue weighted by Gasteiger charge is 2.02. The zero-order valence-corrected chi connectivity index (χ0v) is 18.1. The van der Waals surface area contributed by atoms with Crippen LogP contribution in [0.4, 0.5) is 0 Å². The van der Waals surface area contributed by atoms with Crippen LogP contribution >= 0.6 is 0 Å². The topological polar surface area (TPSA) is 64.6 Å². The van der Waals surface area contributed by atoms with Gasteiger partial charge in [0, 0.05) is 19.5 Å². The molecule has 0 fully saturated rings. The van der Waals surface area contributed by atoms with Crippen molar-refractivity contribution in [2.75, 3.05) is 26.3 Å². The number of hydrogen-bond donors (Lipinski definition) is 1. The Bertz CT molecular complexity index is 372. The molecular formula is C23H43NO4. The molecule has 0 aliphatic rings. The summed E-state index contributed by atoms with van der Waals surface area (Å²) in [5.74, 6) is -0.122. The molecule has 0 aromatic carbocycles. The fraction of sp³-hybridized carbons (Fsp3) is 0.826. The number of ether oxygens (including phenoxy) is 2. The second-order valence-electron chi connectivity index (χ2n) is 7.27. The van der Waals surface area contributed by atoms with E-state index >= 15 is 0 Å². The summed E-state index contributed by atoms with van der Waals surface area (Å²) in [6.07, 6.45) is 21.5. The Labute approximate surface area is 172 Å². The summed E-state index contributed by atoms with van der Waals surface area (Å²) < 4.78 is 9.69. The molecule has 0 bridgehead atoms. The van der Waals surface area contributed by atoms with Crippen LogP contribution in [-0.4, -0.2) is 38.7 Å². The summed E-state index contributed by atoms with van der Waals surface area (Å²) in [6, 6.07) is 0. The van der Waals surface area contributed by atoms with Gasteiger partial charge < -0.3 is 14.8 Å². The minimum atomic E-state index is -0.122. The van der Waals surface area contributed by atoms with Gasteiger partial charge in [-0.15, -0.1) is 0 Å². The van der Waals surface area contributed by atoms with Crippen molar-refractivity contribution in [3.8, 4) is 0 Å². The Hall–Kier alpha value is -1.36. The minimum absolute atomic E-state index is 0.122. The Morgan fingerprint density at radius 1 is 0.786 bits per heavy atom. The average molecular weight is 398 g/mol. The first-order valence-corrected chi connectivity index (χ1v) is 11.4. The predicted molar refractivity (Wildman–Crippen MR) is 115 cm³/mol. The smallest absolute Gasteiger partial charge is 0.305 e. The Kier molecular flexibility index (Phi) is 22.5. The van der Waals surface area contributed by atoms with Crippen molar-refractivity contribution in [1.29, 1.82) is 0 Å². The quantitative estimate of drug-likeness (QED) is 0.116. The van der Waals surface area contributed by atoms with E-state index < -0.39 is 0 Å². The molecule has 0 radical (unpaired) electrons. The molecule has 0 saturated heterocycles. The molecule has 0 aromatic rings. The molecule has 5 nitrogen and oxygen atoms in total. The van der Waals surface area contributed by atoms with E-state index in [1.54, 1.807) is 0 Å². The number of hydrogen-bond acceptors (Lipinski definition) is 5. The first-order valence-electron chi connectivity index (χ1n) is 11.4. The number of carbonyl (C=O) groups is 2. The molecule has 0 atom stereocenters. The lowest BCUT2D eigenvalue weighted by Gasteiger charge is -2.06. The summed E-state index contributed by atoms with van der Waals surface area (Å²) in [5.41, 5.74) is 0. The zero-order chi connectivity index (χ0) is 20.5. The van der Waals surface area contributed by atoms with Gasteiger partial charge in [0.1, 0.15) is 13.2 Å². The maximum atomic E-state index is 11.6. The van der Waals surface area contributed by atoms with Gasteiger partial charge in [-0.1, -0.05) is 70.4 Å². The molecular weight excluding hydrogens is 354 g/mol. The van der Waals surface area contributed by atoms with Gasteiger partial charge in [-0.3, -0.25) is 9.59 Å². The van der Waals surface area contributed by atoms with Crippen LogP contribution in [0.15, 0.2) is 12.2 Å². The van der Waals surface area contributed by atoms with Gasteiger partial charge in [0.15, 0.2) is 0 Å². The molecule has 0 unspecified atom stereocenters. The van der Waals surface area contributed by atoms with E-state index in [1.807, 2.05) is 0 Å². The lowest BCUT2D eigenvalue weighted by molar-refractivity contribution is -0.143. The van der Waals surface area contributed by atoms with Crippen LogP contribution in [0.5, 0.6) is 0 Å². The standard InChI is InChI=1S/C23H43NO4/c1-2-3-4-5-6-7-8-9-10-11-12-13-14-15-16-17-23(26)28-21-19-24-18-20-27-22-25/h9-10,22,24H,2-8,11-21H2,1H3/b10-9-. The van der Waals surface area contributed by atoms with Gasteiger partial charge in [-0.05, 0) is 32.1 Å². The van der Waals surface area contributed by atoms with Gasteiger partial charge in [-0.2, -0.15) is 0 Å². The van der Waals surface area contributed by atoms with Crippen LogP contribution in [0.25, 0.3) is 0 Å². The molecule has 0 aliphatic heterocycles. The lowest BCUT2D eigenvalue weighted by Crippen LogP contribution is -2.24. The van der Waals surface area contributed by atoms with Crippen LogP contribution in [-0.2, 0) is 19.1 Å². The monoisotopic (exact) mass is 397 g/mol. The van der Waals surface area contributed by atoms with E-state index in [2.05, 4.69) is 29.1 Å². The van der Waals surface area contributed by atoms with E-state index in [1.165, 1.54) is 70.6 Å². The third-order valence-corrected chi connectivity index (χ3v) is 4.65. The Morgan fingerprint density at radius 2 is 1.36 bits per heavy atom. The molecule has 0 amide bonds. The van der Waals surface area contributed by atoms with Crippen molar-refractivity contribution < 1.29 is 19.1 Å². The van der Waals surface area contributed by atoms with Crippen molar-refractivity contribution in [2.24, 2.45) is 0 Å². The molecule has 0 aliphatic carbocycles. The van der Waals surface area contributed by atoms with Gasteiger partial charge in [0.25, 0.3) is 6.47 Å². The van der Waals surface area contributed by atoms with Gasteiger partial charge in [0.2, 0.25) is 0 Å². The van der Waals surface area contributed by atoms with Crippen molar-refractivity contribution in [3.05, 3.63) is 12.2 Å². The highest BCUT2D eigenvalue weighted by molar-refractivity contribution is 5.69. The fourth-order valence-electron chi connectivity index (χ4n) is 2.95. The molecule has 0 saturated carbocycles. The van der Waals surface area contributed by atoms with Crippen molar-refractivity contribution in [2.45, 2.75) is 96.8 Å². The summed E-state index contributed by atoms with van der Waals surface area (Å²) in [7, 11) is 0. The van der Waals surface area contributed by atoms with Crippen molar-refractivity contribution >= 4 is 12.4 Å². The summed E-state index contributed by atoms with van der Waals surface area (Å²) in [4.78, 5) is 21.5. The molecule has 0 aromatic heterocycles. The second-order valence-corrected chi connectivity index (χ2v) is 7.27. The minimum Gasteiger partial charge on any atom is -0.467 e. The lowest BCUT2D eigenvalue weighted by atomic mass is 10.1. The maximum Gasteiger partial charge on any atom is 0.305 e. The normalized spacial score (nSPS) is 11.0. The third kappa shape index (κ3) is 22.7. The number of unbranched alkanes of at least 4 members (excludes halogenated alkanes) is 11.